The number of nitrogens with one attached hydrogen (secondary N) is 1. The van der Waals surface area contributed by atoms with E-state index in [1.165, 1.54) is 6.08 Å². The summed E-state index contributed by atoms with van der Waals surface area (Å²) in [5.41, 5.74) is 1.10. The smallest absolute Gasteiger partial charge is 0.244 e. The van der Waals surface area contributed by atoms with Crippen molar-refractivity contribution < 1.29 is 9.90 Å². The molecule has 0 saturated heterocycles. The Morgan fingerprint density at radius 1 is 1.33 bits per heavy atom. The van der Waals surface area contributed by atoms with E-state index in [9.17, 15) is 4.79 Å². The lowest BCUT2D eigenvalue weighted by molar-refractivity contribution is -0.116. The van der Waals surface area contributed by atoms with Crippen LogP contribution in [-0.4, -0.2) is 23.7 Å². The van der Waals surface area contributed by atoms with Crippen LogP contribution in [0.25, 0.3) is 16.5 Å². The maximum atomic E-state index is 11.5. The summed E-state index contributed by atoms with van der Waals surface area (Å²) in [6.45, 7) is 1.88. The quantitative estimate of drug-likeness (QED) is 0.827. The first-order chi connectivity index (χ1) is 10.0. The molecule has 2 aromatic rings. The van der Waals surface area contributed by atoms with E-state index >= 15 is 0 Å². The van der Waals surface area contributed by atoms with E-state index in [2.05, 4.69) is 5.32 Å². The summed E-state index contributed by atoms with van der Waals surface area (Å²) in [6.07, 6.45) is 2.70. The second-order valence-electron chi connectivity index (χ2n) is 4.64. The Morgan fingerprint density at radius 2 is 2.05 bits per heavy atom. The van der Waals surface area contributed by atoms with Gasteiger partial charge in [0.25, 0.3) is 0 Å². The van der Waals surface area contributed by atoms with Gasteiger partial charge in [-0.05, 0) is 42.8 Å². The van der Waals surface area contributed by atoms with Crippen LogP contribution in [0.2, 0.25) is 5.02 Å². The Kier molecular flexibility index (Phi) is 5.56. The van der Waals surface area contributed by atoms with E-state index in [0.29, 0.717) is 5.02 Å². The minimum absolute atomic E-state index is 0.211. The molecule has 1 aromatic heterocycles. The summed E-state index contributed by atoms with van der Waals surface area (Å²) in [5.74, 6) is -0.211. The van der Waals surface area contributed by atoms with Gasteiger partial charge in [0.15, 0.2) is 0 Å². The van der Waals surface area contributed by atoms with Crippen molar-refractivity contribution in [1.29, 1.82) is 0 Å². The van der Waals surface area contributed by atoms with Crippen LogP contribution >= 0.6 is 22.9 Å². The summed E-state index contributed by atoms with van der Waals surface area (Å²) in [7, 11) is 0. The number of carbonyl (C=O) groups is 1. The molecule has 1 unspecified atom stereocenters. The first-order valence-corrected chi connectivity index (χ1v) is 7.74. The second kappa shape index (κ2) is 7.41. The highest BCUT2D eigenvalue weighted by Crippen LogP contribution is 2.29. The lowest BCUT2D eigenvalue weighted by Gasteiger charge is -2.03. The number of halogens is 1. The van der Waals surface area contributed by atoms with Gasteiger partial charge in [-0.3, -0.25) is 4.79 Å². The van der Waals surface area contributed by atoms with E-state index in [4.69, 9.17) is 16.7 Å². The van der Waals surface area contributed by atoms with Crippen molar-refractivity contribution >= 4 is 34.9 Å². The third kappa shape index (κ3) is 5.01. The summed E-state index contributed by atoms with van der Waals surface area (Å²) < 4.78 is 0. The van der Waals surface area contributed by atoms with E-state index < -0.39 is 6.10 Å². The molecule has 0 saturated carbocycles. The van der Waals surface area contributed by atoms with Gasteiger partial charge in [0.05, 0.1) is 6.10 Å². The molecule has 0 aliphatic rings. The van der Waals surface area contributed by atoms with Gasteiger partial charge in [-0.25, -0.2) is 0 Å². The van der Waals surface area contributed by atoms with Crippen molar-refractivity contribution in [3.05, 3.63) is 52.4 Å². The van der Waals surface area contributed by atoms with Gasteiger partial charge in [-0.15, -0.1) is 11.3 Å². The van der Waals surface area contributed by atoms with Gasteiger partial charge < -0.3 is 10.4 Å². The molecule has 1 heterocycles. The normalized spacial score (nSPS) is 12.5. The number of hydrogen-bond donors (Lipinski definition) is 2. The lowest BCUT2D eigenvalue weighted by Crippen LogP contribution is -2.28. The zero-order valence-corrected chi connectivity index (χ0v) is 13.1. The number of aliphatic hydroxyl groups is 1. The van der Waals surface area contributed by atoms with Crippen molar-refractivity contribution in [2.45, 2.75) is 13.0 Å². The van der Waals surface area contributed by atoms with Gasteiger partial charge in [-0.1, -0.05) is 23.7 Å². The van der Waals surface area contributed by atoms with E-state index in [0.717, 1.165) is 15.3 Å². The number of carbonyl (C=O) groups excluding carboxylic acids is 1. The predicted octanol–water partition coefficient (Wildman–Crippen LogP) is 3.58. The number of rotatable bonds is 5. The van der Waals surface area contributed by atoms with E-state index in [-0.39, 0.29) is 12.5 Å². The van der Waals surface area contributed by atoms with Crippen molar-refractivity contribution in [2.75, 3.05) is 6.54 Å². The average Bonchev–Trinajstić information content (AvgIpc) is 2.92. The summed E-state index contributed by atoms with van der Waals surface area (Å²) in [4.78, 5) is 13.6. The monoisotopic (exact) mass is 321 g/mol. The highest BCUT2D eigenvalue weighted by atomic mass is 35.5. The third-order valence-corrected chi connectivity index (χ3v) is 4.08. The van der Waals surface area contributed by atoms with E-state index in [1.54, 1.807) is 24.3 Å². The SMILES string of the molecule is CC(O)CNC(=O)/C=C/c1ccc(-c2ccc(Cl)cc2)s1. The zero-order chi connectivity index (χ0) is 15.2. The highest BCUT2D eigenvalue weighted by Gasteiger charge is 2.02. The Labute approximate surface area is 132 Å². The standard InChI is InChI=1S/C16H16ClNO2S/c1-11(19)10-18-16(20)9-7-14-6-8-15(21-14)12-2-4-13(17)5-3-12/h2-9,11,19H,10H2,1H3,(H,18,20)/b9-7+. The Balaban J connectivity index is 2.00. The summed E-state index contributed by atoms with van der Waals surface area (Å²) >= 11 is 7.47. The predicted molar refractivity (Wildman–Crippen MR) is 88.5 cm³/mol. The molecule has 21 heavy (non-hydrogen) atoms. The fourth-order valence-corrected chi connectivity index (χ4v) is 2.72. The highest BCUT2D eigenvalue weighted by molar-refractivity contribution is 7.16. The fourth-order valence-electron chi connectivity index (χ4n) is 1.68. The molecule has 1 amide bonds. The Hall–Kier alpha value is -1.62. The molecule has 0 aliphatic carbocycles. The van der Waals surface area contributed by atoms with Crippen LogP contribution in [0.1, 0.15) is 11.8 Å². The van der Waals surface area contributed by atoms with Crippen LogP contribution in [0.4, 0.5) is 0 Å². The lowest BCUT2D eigenvalue weighted by atomic mass is 10.2. The average molecular weight is 322 g/mol. The molecular formula is C16H16ClNO2S. The molecular weight excluding hydrogens is 306 g/mol. The molecule has 2 N–H and O–H groups in total. The van der Waals surface area contributed by atoms with Gasteiger partial charge in [0.2, 0.25) is 5.91 Å². The van der Waals surface area contributed by atoms with Gasteiger partial charge in [0.1, 0.15) is 0 Å². The molecule has 1 atom stereocenters. The molecule has 3 nitrogen and oxygen atoms in total. The Morgan fingerprint density at radius 3 is 2.71 bits per heavy atom. The fraction of sp³-hybridized carbons (Fsp3) is 0.188. The van der Waals surface area contributed by atoms with Crippen LogP contribution in [0, 0.1) is 0 Å². The first kappa shape index (κ1) is 15.8. The van der Waals surface area contributed by atoms with Crippen molar-refractivity contribution in [3.63, 3.8) is 0 Å². The number of thiophene rings is 1. The number of hydrogen-bond acceptors (Lipinski definition) is 3. The van der Waals surface area contributed by atoms with Gasteiger partial charge in [0, 0.05) is 27.4 Å². The van der Waals surface area contributed by atoms with Crippen molar-refractivity contribution in [2.24, 2.45) is 0 Å². The summed E-state index contributed by atoms with van der Waals surface area (Å²) in [6, 6.07) is 11.6. The molecule has 1 aromatic carbocycles. The topological polar surface area (TPSA) is 49.3 Å². The van der Waals surface area contributed by atoms with Gasteiger partial charge in [-0.2, -0.15) is 0 Å². The molecule has 0 radical (unpaired) electrons. The van der Waals surface area contributed by atoms with Crippen LogP contribution in [0.5, 0.6) is 0 Å². The second-order valence-corrected chi connectivity index (χ2v) is 6.19. The molecule has 0 bridgehead atoms. The first-order valence-electron chi connectivity index (χ1n) is 6.54. The van der Waals surface area contributed by atoms with Crippen LogP contribution in [0.3, 0.4) is 0 Å². The maximum Gasteiger partial charge on any atom is 0.244 e. The summed E-state index contributed by atoms with van der Waals surface area (Å²) in [5, 5.41) is 12.4. The minimum atomic E-state index is -0.541. The minimum Gasteiger partial charge on any atom is -0.392 e. The van der Waals surface area contributed by atoms with Crippen molar-refractivity contribution in [1.82, 2.24) is 5.32 Å². The van der Waals surface area contributed by atoms with Crippen LogP contribution < -0.4 is 5.32 Å². The molecule has 0 fully saturated rings. The Bertz CT molecular complexity index is 632. The number of aliphatic hydroxyl groups excluding tert-OH is 1. The molecule has 0 aliphatic heterocycles. The van der Waals surface area contributed by atoms with Gasteiger partial charge >= 0.3 is 0 Å². The van der Waals surface area contributed by atoms with Crippen LogP contribution in [0.15, 0.2) is 42.5 Å². The third-order valence-electron chi connectivity index (χ3n) is 2.73. The largest absolute Gasteiger partial charge is 0.392 e. The van der Waals surface area contributed by atoms with E-state index in [1.807, 2.05) is 36.4 Å². The number of amides is 1. The molecule has 110 valence electrons. The van der Waals surface area contributed by atoms with Crippen molar-refractivity contribution in [3.8, 4) is 10.4 Å². The molecule has 5 heteroatoms. The van der Waals surface area contributed by atoms with Crippen LogP contribution in [-0.2, 0) is 4.79 Å². The number of benzene rings is 1. The zero-order valence-electron chi connectivity index (χ0n) is 11.5. The maximum absolute atomic E-state index is 11.5. The molecule has 2 rings (SSSR count). The molecule has 0 spiro atoms.